The van der Waals surface area contributed by atoms with Crippen LogP contribution in [0.3, 0.4) is 0 Å². The number of hydrogen-bond acceptors (Lipinski definition) is 5. The van der Waals surface area contributed by atoms with E-state index < -0.39 is 17.0 Å². The molecule has 6 heteroatoms. The highest BCUT2D eigenvalue weighted by molar-refractivity contribution is 7.67. The van der Waals surface area contributed by atoms with Crippen molar-refractivity contribution in [1.82, 2.24) is 0 Å². The van der Waals surface area contributed by atoms with Crippen LogP contribution in [0.4, 0.5) is 0 Å². The Hall–Kier alpha value is -0.880. The van der Waals surface area contributed by atoms with Crippen LogP contribution >= 0.6 is 0 Å². The van der Waals surface area contributed by atoms with Crippen LogP contribution in [-0.4, -0.2) is 27.6 Å². The molecule has 0 radical (unpaired) electrons. The first-order chi connectivity index (χ1) is 5.54. The van der Waals surface area contributed by atoms with Crippen molar-refractivity contribution in [3.63, 3.8) is 0 Å². The van der Waals surface area contributed by atoms with Crippen LogP contribution < -0.4 is 0 Å². The Kier molecular flexibility index (Phi) is 5.31. The molecule has 0 rings (SSSR count). The van der Waals surface area contributed by atoms with E-state index in [1.54, 1.807) is 0 Å². The van der Waals surface area contributed by atoms with E-state index in [2.05, 4.69) is 15.5 Å². The molecule has 0 amide bonds. The largest absolute Gasteiger partial charge is 0.460 e. The Labute approximate surface area is 72.1 Å². The summed E-state index contributed by atoms with van der Waals surface area (Å²) in [5.74, 6) is -0.556. The molecule has 0 bridgehead atoms. The molecular weight excluding hydrogens is 184 g/mol. The second-order valence-electron chi connectivity index (χ2n) is 1.97. The van der Waals surface area contributed by atoms with E-state index in [9.17, 15) is 13.2 Å². The summed E-state index contributed by atoms with van der Waals surface area (Å²) >= 11 is 0. The van der Waals surface area contributed by atoms with E-state index in [0.29, 0.717) is 0 Å². The first-order valence-corrected chi connectivity index (χ1v) is 4.23. The third-order valence-corrected chi connectivity index (χ3v) is 1.26. The second kappa shape index (κ2) is 5.73. The van der Waals surface area contributed by atoms with Gasteiger partial charge in [-0.25, -0.2) is 13.2 Å². The summed E-state index contributed by atoms with van der Waals surface area (Å²) in [7, 11) is -2.86. The maximum absolute atomic E-state index is 10.7. The van der Waals surface area contributed by atoms with Crippen molar-refractivity contribution in [2.75, 3.05) is 13.2 Å². The van der Waals surface area contributed by atoms with E-state index in [-0.39, 0.29) is 18.8 Å². The highest BCUT2D eigenvalue weighted by Gasteiger charge is 2.01. The number of carbonyl (C=O) groups excluding carboxylic acids is 1. The molecule has 0 heterocycles. The summed E-state index contributed by atoms with van der Waals surface area (Å²) < 4.78 is 28.3. The zero-order valence-electron chi connectivity index (χ0n) is 6.61. The number of thiol groups is 1. The molecule has 0 spiro atoms. The summed E-state index contributed by atoms with van der Waals surface area (Å²) in [5.41, 5.74) is 0.265. The van der Waals surface area contributed by atoms with Gasteiger partial charge in [-0.1, -0.05) is 6.58 Å². The van der Waals surface area contributed by atoms with Gasteiger partial charge in [-0.15, -0.1) is 0 Å². The number of ether oxygens (including phenoxy) is 1. The maximum Gasteiger partial charge on any atom is 0.333 e. The van der Waals surface area contributed by atoms with Crippen LogP contribution in [0.25, 0.3) is 0 Å². The van der Waals surface area contributed by atoms with Gasteiger partial charge in [0.2, 0.25) is 0 Å². The van der Waals surface area contributed by atoms with Gasteiger partial charge in [-0.2, -0.15) is 0 Å². The maximum atomic E-state index is 10.7. The van der Waals surface area contributed by atoms with Gasteiger partial charge in [-0.05, 0) is 6.92 Å². The van der Waals surface area contributed by atoms with Gasteiger partial charge in [0.15, 0.2) is 0 Å². The van der Waals surface area contributed by atoms with Gasteiger partial charge in [-0.3, -0.25) is 4.18 Å². The molecule has 0 aromatic heterocycles. The molecule has 0 aromatic rings. The Morgan fingerprint density at radius 2 is 2.00 bits per heavy atom. The van der Waals surface area contributed by atoms with E-state index in [4.69, 9.17) is 0 Å². The lowest BCUT2D eigenvalue weighted by Crippen LogP contribution is -2.10. The predicted octanol–water partition coefficient (Wildman–Crippen LogP) is -0.351. The summed E-state index contributed by atoms with van der Waals surface area (Å²) in [4.78, 5) is 10.7. The minimum absolute atomic E-state index is 0.0883. The Balaban J connectivity index is 3.44. The van der Waals surface area contributed by atoms with Crippen LogP contribution in [0, 0.1) is 0 Å². The minimum Gasteiger partial charge on any atom is -0.460 e. The SMILES string of the molecule is C=C(C)C(=O)OCCO[SH](=O)=O. The third kappa shape index (κ3) is 5.87. The smallest absolute Gasteiger partial charge is 0.333 e. The Bertz CT molecular complexity index is 234. The first kappa shape index (κ1) is 11.1. The molecular formula is C6H10O5S. The summed E-state index contributed by atoms with van der Waals surface area (Å²) in [6, 6.07) is 0. The molecule has 70 valence electrons. The lowest BCUT2D eigenvalue weighted by Gasteiger charge is -2.01. The first-order valence-electron chi connectivity index (χ1n) is 3.14. The minimum atomic E-state index is -2.86. The molecule has 5 nitrogen and oxygen atoms in total. The highest BCUT2D eigenvalue weighted by Crippen LogP contribution is 1.91. The Morgan fingerprint density at radius 1 is 1.42 bits per heavy atom. The molecule has 12 heavy (non-hydrogen) atoms. The van der Waals surface area contributed by atoms with Crippen LogP contribution in [0.5, 0.6) is 0 Å². The Morgan fingerprint density at radius 3 is 2.42 bits per heavy atom. The standard InChI is InChI=1S/C6H10O5S/c1-5(2)6(7)10-3-4-11-12(8)9/h12H,1,3-4H2,2H3. The average Bonchev–Trinajstić information content (AvgIpc) is 1.97. The van der Waals surface area contributed by atoms with Crippen LogP contribution in [0.15, 0.2) is 12.2 Å². The van der Waals surface area contributed by atoms with Gasteiger partial charge >= 0.3 is 5.97 Å². The average molecular weight is 194 g/mol. The molecule has 0 saturated heterocycles. The monoisotopic (exact) mass is 194 g/mol. The highest BCUT2D eigenvalue weighted by atomic mass is 32.2. The van der Waals surface area contributed by atoms with Gasteiger partial charge in [0.25, 0.3) is 11.0 Å². The number of carbonyl (C=O) groups is 1. The topological polar surface area (TPSA) is 69.7 Å². The van der Waals surface area contributed by atoms with E-state index in [1.165, 1.54) is 6.92 Å². The summed E-state index contributed by atoms with van der Waals surface area (Å²) in [5, 5.41) is 0. The normalized spacial score (nSPS) is 9.83. The quantitative estimate of drug-likeness (QED) is 0.280. The fourth-order valence-corrected chi connectivity index (χ4v) is 0.593. The second-order valence-corrected chi connectivity index (χ2v) is 2.68. The lowest BCUT2D eigenvalue weighted by molar-refractivity contribution is -0.139. The van der Waals surface area contributed by atoms with E-state index in [1.807, 2.05) is 0 Å². The van der Waals surface area contributed by atoms with Gasteiger partial charge < -0.3 is 4.74 Å². The van der Waals surface area contributed by atoms with Crippen molar-refractivity contribution in [3.8, 4) is 0 Å². The van der Waals surface area contributed by atoms with Gasteiger partial charge in [0.1, 0.15) is 13.2 Å². The van der Waals surface area contributed by atoms with Crippen molar-refractivity contribution in [2.24, 2.45) is 0 Å². The fraction of sp³-hybridized carbons (Fsp3) is 0.500. The zero-order valence-corrected chi connectivity index (χ0v) is 7.50. The van der Waals surface area contributed by atoms with Crippen molar-refractivity contribution in [2.45, 2.75) is 6.92 Å². The van der Waals surface area contributed by atoms with Crippen molar-refractivity contribution >= 4 is 17.0 Å². The number of esters is 1. The van der Waals surface area contributed by atoms with Crippen LogP contribution in [0.1, 0.15) is 6.92 Å². The molecule has 0 atom stereocenters. The predicted molar refractivity (Wildman–Crippen MR) is 42.0 cm³/mol. The van der Waals surface area contributed by atoms with Crippen molar-refractivity contribution < 1.29 is 22.1 Å². The lowest BCUT2D eigenvalue weighted by atomic mass is 10.4. The van der Waals surface area contributed by atoms with E-state index >= 15 is 0 Å². The number of rotatable bonds is 5. The van der Waals surface area contributed by atoms with Gasteiger partial charge in [0, 0.05) is 5.57 Å². The molecule has 0 fully saturated rings. The fourth-order valence-electron chi connectivity index (χ4n) is 0.369. The molecule has 0 aliphatic heterocycles. The zero-order chi connectivity index (χ0) is 9.56. The summed E-state index contributed by atoms with van der Waals surface area (Å²) in [6.45, 7) is 4.59. The molecule has 0 saturated carbocycles. The van der Waals surface area contributed by atoms with Crippen molar-refractivity contribution in [1.29, 1.82) is 0 Å². The molecule has 0 unspecified atom stereocenters. The molecule has 0 aromatic carbocycles. The summed E-state index contributed by atoms with van der Waals surface area (Å²) in [6.07, 6.45) is 0. The van der Waals surface area contributed by atoms with Crippen molar-refractivity contribution in [3.05, 3.63) is 12.2 Å². The molecule has 0 aliphatic rings. The number of hydrogen-bond donors (Lipinski definition) is 1. The van der Waals surface area contributed by atoms with Crippen LogP contribution in [-0.2, 0) is 24.7 Å². The molecule has 0 N–H and O–H groups in total. The third-order valence-electron chi connectivity index (χ3n) is 0.862. The molecule has 0 aliphatic carbocycles. The van der Waals surface area contributed by atoms with Crippen LogP contribution in [0.2, 0.25) is 0 Å². The van der Waals surface area contributed by atoms with E-state index in [0.717, 1.165) is 0 Å². The van der Waals surface area contributed by atoms with Gasteiger partial charge in [0.05, 0.1) is 0 Å².